The molecule has 0 spiro atoms. The SMILES string of the molecule is CC1(C)c2cc(-c3cccc(N(c4ccccc4)c4ccccc4)c3)ccc2-c2ccc(-c3cccc4c3sc3ccccc34)cc21. The highest BCUT2D eigenvalue weighted by atomic mass is 32.1. The van der Waals surface area contributed by atoms with Gasteiger partial charge in [-0.05, 0) is 99.1 Å². The summed E-state index contributed by atoms with van der Waals surface area (Å²) in [6, 6.07) is 59.9. The van der Waals surface area contributed by atoms with Gasteiger partial charge >= 0.3 is 0 Å². The zero-order chi connectivity index (χ0) is 31.5. The highest BCUT2D eigenvalue weighted by Crippen LogP contribution is 2.51. The molecule has 0 saturated heterocycles. The molecule has 1 aliphatic rings. The quantitative estimate of drug-likeness (QED) is 0.185. The van der Waals surface area contributed by atoms with E-state index in [1.165, 1.54) is 64.7 Å². The van der Waals surface area contributed by atoms with Crippen LogP contribution >= 0.6 is 11.3 Å². The van der Waals surface area contributed by atoms with Crippen molar-refractivity contribution in [1.82, 2.24) is 0 Å². The molecule has 0 bridgehead atoms. The molecule has 9 rings (SSSR count). The molecular weight excluding hydrogens is 587 g/mol. The lowest BCUT2D eigenvalue weighted by atomic mass is 9.81. The highest BCUT2D eigenvalue weighted by Gasteiger charge is 2.36. The Morgan fingerprint density at radius 2 is 0.979 bits per heavy atom. The van der Waals surface area contributed by atoms with Gasteiger partial charge in [-0.3, -0.25) is 0 Å². The number of fused-ring (bicyclic) bond motifs is 6. The van der Waals surface area contributed by atoms with Crippen LogP contribution in [0, 0.1) is 0 Å². The third-order valence-electron chi connectivity index (χ3n) is 9.86. The van der Waals surface area contributed by atoms with Crippen molar-refractivity contribution in [3.63, 3.8) is 0 Å². The van der Waals surface area contributed by atoms with E-state index in [1.807, 2.05) is 11.3 Å². The van der Waals surface area contributed by atoms with Gasteiger partial charge in [0, 0.05) is 42.6 Å². The number of hydrogen-bond acceptors (Lipinski definition) is 2. The minimum atomic E-state index is -0.123. The Hall–Kier alpha value is -5.44. The molecular formula is C45H33NS. The third kappa shape index (κ3) is 4.52. The maximum absolute atomic E-state index is 2.45. The highest BCUT2D eigenvalue weighted by molar-refractivity contribution is 7.26. The summed E-state index contributed by atoms with van der Waals surface area (Å²) in [7, 11) is 0. The first-order valence-corrected chi connectivity index (χ1v) is 17.1. The van der Waals surface area contributed by atoms with E-state index in [2.05, 4.69) is 183 Å². The molecule has 1 aromatic heterocycles. The van der Waals surface area contributed by atoms with Gasteiger partial charge in [0.25, 0.3) is 0 Å². The van der Waals surface area contributed by atoms with Crippen molar-refractivity contribution >= 4 is 48.6 Å². The molecule has 0 unspecified atom stereocenters. The molecule has 0 saturated carbocycles. The van der Waals surface area contributed by atoms with Crippen LogP contribution in [0.3, 0.4) is 0 Å². The minimum absolute atomic E-state index is 0.123. The van der Waals surface area contributed by atoms with Crippen LogP contribution in [0.25, 0.3) is 53.6 Å². The topological polar surface area (TPSA) is 3.24 Å². The zero-order valence-corrected chi connectivity index (χ0v) is 27.3. The second-order valence-electron chi connectivity index (χ2n) is 13.0. The number of rotatable bonds is 5. The summed E-state index contributed by atoms with van der Waals surface area (Å²) in [4.78, 5) is 2.33. The van der Waals surface area contributed by atoms with E-state index >= 15 is 0 Å². The smallest absolute Gasteiger partial charge is 0.0467 e. The van der Waals surface area contributed by atoms with Gasteiger partial charge in [-0.15, -0.1) is 11.3 Å². The molecule has 0 aliphatic heterocycles. The molecule has 7 aromatic carbocycles. The summed E-state index contributed by atoms with van der Waals surface area (Å²) in [6.45, 7) is 4.77. The van der Waals surface area contributed by atoms with Crippen molar-refractivity contribution in [3.8, 4) is 33.4 Å². The number of para-hydroxylation sites is 2. The lowest BCUT2D eigenvalue weighted by Crippen LogP contribution is -2.15. The monoisotopic (exact) mass is 619 g/mol. The van der Waals surface area contributed by atoms with E-state index in [9.17, 15) is 0 Å². The van der Waals surface area contributed by atoms with Gasteiger partial charge in [-0.25, -0.2) is 0 Å². The Labute approximate surface area is 280 Å². The molecule has 0 radical (unpaired) electrons. The van der Waals surface area contributed by atoms with Crippen molar-refractivity contribution < 1.29 is 0 Å². The molecule has 0 fully saturated rings. The van der Waals surface area contributed by atoms with Gasteiger partial charge in [-0.2, -0.15) is 0 Å². The summed E-state index contributed by atoms with van der Waals surface area (Å²) in [5.74, 6) is 0. The number of anilines is 3. The van der Waals surface area contributed by atoms with Gasteiger partial charge < -0.3 is 4.90 Å². The van der Waals surface area contributed by atoms with Crippen LogP contribution in [-0.2, 0) is 5.41 Å². The van der Waals surface area contributed by atoms with E-state index in [1.54, 1.807) is 0 Å². The van der Waals surface area contributed by atoms with Crippen LogP contribution in [0.1, 0.15) is 25.0 Å². The Balaban J connectivity index is 1.11. The first-order valence-electron chi connectivity index (χ1n) is 16.3. The Bertz CT molecular complexity index is 2400. The molecule has 1 nitrogen and oxygen atoms in total. The second kappa shape index (κ2) is 10.8. The van der Waals surface area contributed by atoms with Crippen molar-refractivity contribution in [2.24, 2.45) is 0 Å². The predicted molar refractivity (Wildman–Crippen MR) is 202 cm³/mol. The van der Waals surface area contributed by atoms with Gasteiger partial charge in [0.05, 0.1) is 0 Å². The second-order valence-corrected chi connectivity index (χ2v) is 14.0. The largest absolute Gasteiger partial charge is 0.310 e. The van der Waals surface area contributed by atoms with Gasteiger partial charge in [0.2, 0.25) is 0 Å². The molecule has 1 heterocycles. The average molecular weight is 620 g/mol. The standard InChI is InChI=1S/C45H33NS/c1-45(2)41-28-31(30-13-11-18-35(27-30)46(33-14-5-3-6-15-33)34-16-7-4-8-17-34)23-25-37(41)38-26-24-32(29-42(38)45)36-20-12-21-40-39-19-9-10-22-43(39)47-44(36)40/h3-29H,1-2H3. The summed E-state index contributed by atoms with van der Waals surface area (Å²) in [6.07, 6.45) is 0. The molecule has 8 aromatic rings. The van der Waals surface area contributed by atoms with E-state index in [0.29, 0.717) is 0 Å². The summed E-state index contributed by atoms with van der Waals surface area (Å²) < 4.78 is 2.71. The maximum atomic E-state index is 2.45. The molecule has 224 valence electrons. The molecule has 0 amide bonds. The Kier molecular flexibility index (Phi) is 6.41. The summed E-state index contributed by atoms with van der Waals surface area (Å²) in [5.41, 5.74) is 13.8. The van der Waals surface area contributed by atoms with Gasteiger partial charge in [0.1, 0.15) is 0 Å². The lowest BCUT2D eigenvalue weighted by Gasteiger charge is -2.26. The number of benzene rings is 7. The number of thiophene rings is 1. The van der Waals surface area contributed by atoms with Crippen LogP contribution in [0.15, 0.2) is 164 Å². The third-order valence-corrected chi connectivity index (χ3v) is 11.1. The normalized spacial score (nSPS) is 13.1. The summed E-state index contributed by atoms with van der Waals surface area (Å²) in [5, 5.41) is 2.69. The molecule has 0 N–H and O–H groups in total. The van der Waals surface area contributed by atoms with Crippen LogP contribution in [-0.4, -0.2) is 0 Å². The van der Waals surface area contributed by atoms with Gasteiger partial charge in [0.15, 0.2) is 0 Å². The molecule has 47 heavy (non-hydrogen) atoms. The Morgan fingerprint density at radius 1 is 0.426 bits per heavy atom. The molecule has 0 atom stereocenters. The fourth-order valence-electron chi connectivity index (χ4n) is 7.49. The minimum Gasteiger partial charge on any atom is -0.310 e. The van der Waals surface area contributed by atoms with Crippen LogP contribution in [0.4, 0.5) is 17.1 Å². The van der Waals surface area contributed by atoms with Crippen LogP contribution in [0.5, 0.6) is 0 Å². The van der Waals surface area contributed by atoms with E-state index in [-0.39, 0.29) is 5.41 Å². The van der Waals surface area contributed by atoms with Crippen molar-refractivity contribution in [2.75, 3.05) is 4.90 Å². The fraction of sp³-hybridized carbons (Fsp3) is 0.0667. The maximum Gasteiger partial charge on any atom is 0.0467 e. The zero-order valence-electron chi connectivity index (χ0n) is 26.4. The molecule has 2 heteroatoms. The predicted octanol–water partition coefficient (Wildman–Crippen LogP) is 13.2. The van der Waals surface area contributed by atoms with E-state index in [4.69, 9.17) is 0 Å². The first-order chi connectivity index (χ1) is 23.1. The van der Waals surface area contributed by atoms with Crippen molar-refractivity contribution in [3.05, 3.63) is 175 Å². The van der Waals surface area contributed by atoms with Crippen molar-refractivity contribution in [1.29, 1.82) is 0 Å². The van der Waals surface area contributed by atoms with E-state index < -0.39 is 0 Å². The van der Waals surface area contributed by atoms with Crippen molar-refractivity contribution in [2.45, 2.75) is 19.3 Å². The summed E-state index contributed by atoms with van der Waals surface area (Å²) >= 11 is 1.90. The Morgan fingerprint density at radius 3 is 1.70 bits per heavy atom. The van der Waals surface area contributed by atoms with Gasteiger partial charge in [-0.1, -0.05) is 123 Å². The number of hydrogen-bond donors (Lipinski definition) is 0. The van der Waals surface area contributed by atoms with Crippen LogP contribution in [0.2, 0.25) is 0 Å². The lowest BCUT2D eigenvalue weighted by molar-refractivity contribution is 0.661. The first kappa shape index (κ1) is 27.8. The molecule has 1 aliphatic carbocycles. The average Bonchev–Trinajstić information content (AvgIpc) is 3.61. The van der Waals surface area contributed by atoms with Crippen LogP contribution < -0.4 is 4.90 Å². The van der Waals surface area contributed by atoms with E-state index in [0.717, 1.165) is 17.1 Å². The number of nitrogens with zero attached hydrogens (tertiary/aromatic N) is 1. The fourth-order valence-corrected chi connectivity index (χ4v) is 8.72.